The molecule has 0 saturated carbocycles. The fourth-order valence-electron chi connectivity index (χ4n) is 3.39. The Kier molecular flexibility index (Phi) is 4.13. The van der Waals surface area contributed by atoms with Crippen LogP contribution in [0.1, 0.15) is 18.1 Å². The monoisotopic (exact) mass is 322 g/mol. The van der Waals surface area contributed by atoms with Crippen molar-refractivity contribution >= 4 is 10.8 Å². The first kappa shape index (κ1) is 15.1. The first-order valence-corrected chi connectivity index (χ1v) is 8.27. The highest BCUT2D eigenvalue weighted by Gasteiger charge is 2.29. The van der Waals surface area contributed by atoms with Crippen molar-refractivity contribution in [1.82, 2.24) is 10.3 Å². The molecule has 4 heteroatoms. The molecule has 1 unspecified atom stereocenters. The topological polar surface area (TPSA) is 34.1 Å². The fourth-order valence-corrected chi connectivity index (χ4v) is 3.39. The Morgan fingerprint density at radius 2 is 2.00 bits per heavy atom. The molecule has 2 atom stereocenters. The van der Waals surface area contributed by atoms with Gasteiger partial charge in [-0.2, -0.15) is 0 Å². The molecule has 2 aromatic carbocycles. The van der Waals surface area contributed by atoms with Crippen molar-refractivity contribution in [1.29, 1.82) is 0 Å². The van der Waals surface area contributed by atoms with E-state index in [0.717, 1.165) is 41.6 Å². The molecule has 1 aliphatic rings. The van der Waals surface area contributed by atoms with E-state index in [-0.39, 0.29) is 11.9 Å². The van der Waals surface area contributed by atoms with Gasteiger partial charge in [0.05, 0.1) is 6.20 Å². The standard InChI is InChI=1S/C20H19FN2O/c21-17-10-16(12-23-13-17)20(15-8-9-22-11-15)24-19-7-3-5-14-4-1-2-6-18(14)19/h1-7,10,12-13,15,20,22H,8-9,11H2/t15?,20-/m0/s1. The third-order valence-electron chi connectivity index (χ3n) is 4.58. The summed E-state index contributed by atoms with van der Waals surface area (Å²) in [5.41, 5.74) is 0.789. The second-order valence-corrected chi connectivity index (χ2v) is 6.21. The zero-order chi connectivity index (χ0) is 16.4. The number of fused-ring (bicyclic) bond motifs is 1. The molecule has 3 nitrogen and oxygen atoms in total. The van der Waals surface area contributed by atoms with Gasteiger partial charge in [-0.1, -0.05) is 36.4 Å². The van der Waals surface area contributed by atoms with E-state index in [9.17, 15) is 4.39 Å². The van der Waals surface area contributed by atoms with E-state index >= 15 is 0 Å². The molecule has 122 valence electrons. The number of hydrogen-bond donors (Lipinski definition) is 1. The molecule has 0 radical (unpaired) electrons. The Bertz CT molecular complexity index is 840. The Morgan fingerprint density at radius 3 is 2.83 bits per heavy atom. The van der Waals surface area contributed by atoms with Gasteiger partial charge in [0.25, 0.3) is 0 Å². The van der Waals surface area contributed by atoms with Crippen LogP contribution in [0, 0.1) is 11.7 Å². The average molecular weight is 322 g/mol. The summed E-state index contributed by atoms with van der Waals surface area (Å²) < 4.78 is 20.1. The van der Waals surface area contributed by atoms with Crippen molar-refractivity contribution in [2.45, 2.75) is 12.5 Å². The van der Waals surface area contributed by atoms with Gasteiger partial charge in [0, 0.05) is 29.6 Å². The average Bonchev–Trinajstić information content (AvgIpc) is 3.14. The van der Waals surface area contributed by atoms with Gasteiger partial charge in [-0.25, -0.2) is 4.39 Å². The van der Waals surface area contributed by atoms with Crippen LogP contribution < -0.4 is 10.1 Å². The number of halogens is 1. The molecule has 2 heterocycles. The van der Waals surface area contributed by atoms with Crippen LogP contribution in [0.15, 0.2) is 60.9 Å². The van der Waals surface area contributed by atoms with Crippen molar-refractivity contribution in [3.63, 3.8) is 0 Å². The molecular formula is C20H19FN2O. The maximum absolute atomic E-state index is 13.7. The van der Waals surface area contributed by atoms with Crippen molar-refractivity contribution in [3.8, 4) is 5.75 Å². The number of pyridine rings is 1. The summed E-state index contributed by atoms with van der Waals surface area (Å²) in [6.45, 7) is 1.83. The number of nitrogens with zero attached hydrogens (tertiary/aromatic N) is 1. The minimum absolute atomic E-state index is 0.214. The van der Waals surface area contributed by atoms with Crippen LogP contribution in [-0.4, -0.2) is 18.1 Å². The lowest BCUT2D eigenvalue weighted by atomic mass is 9.95. The van der Waals surface area contributed by atoms with Crippen molar-refractivity contribution in [3.05, 3.63) is 72.3 Å². The van der Waals surface area contributed by atoms with E-state index in [1.807, 2.05) is 24.3 Å². The summed E-state index contributed by atoms with van der Waals surface area (Å²) >= 11 is 0. The molecule has 1 aliphatic heterocycles. The molecule has 1 saturated heterocycles. The molecule has 1 N–H and O–H groups in total. The SMILES string of the molecule is Fc1cncc([C@@H](Oc2cccc3ccccc23)C2CCNC2)c1. The van der Waals surface area contributed by atoms with Gasteiger partial charge in [-0.15, -0.1) is 0 Å². The number of rotatable bonds is 4. The molecule has 4 rings (SSSR count). The van der Waals surface area contributed by atoms with E-state index < -0.39 is 0 Å². The van der Waals surface area contributed by atoms with E-state index in [1.165, 1.54) is 12.3 Å². The van der Waals surface area contributed by atoms with Crippen LogP contribution in [0.2, 0.25) is 0 Å². The van der Waals surface area contributed by atoms with Gasteiger partial charge in [0.15, 0.2) is 0 Å². The highest BCUT2D eigenvalue weighted by Crippen LogP contribution is 2.35. The smallest absolute Gasteiger partial charge is 0.141 e. The molecule has 0 amide bonds. The number of hydrogen-bond acceptors (Lipinski definition) is 3. The minimum atomic E-state index is -0.329. The summed E-state index contributed by atoms with van der Waals surface area (Å²) in [6.07, 6.45) is 3.73. The summed E-state index contributed by atoms with van der Waals surface area (Å²) in [4.78, 5) is 4.01. The number of nitrogens with one attached hydrogen (secondary N) is 1. The molecular weight excluding hydrogens is 303 g/mol. The minimum Gasteiger partial charge on any atom is -0.485 e. The van der Waals surface area contributed by atoms with Gasteiger partial charge >= 0.3 is 0 Å². The Balaban J connectivity index is 1.73. The normalized spacial score (nSPS) is 18.6. The van der Waals surface area contributed by atoms with Gasteiger partial charge in [0.2, 0.25) is 0 Å². The highest BCUT2D eigenvalue weighted by molar-refractivity contribution is 5.88. The number of ether oxygens (including phenoxy) is 1. The van der Waals surface area contributed by atoms with E-state index in [0.29, 0.717) is 5.92 Å². The number of aromatic nitrogens is 1. The third kappa shape index (κ3) is 2.97. The lowest BCUT2D eigenvalue weighted by Crippen LogP contribution is -2.21. The van der Waals surface area contributed by atoms with E-state index in [4.69, 9.17) is 4.74 Å². The van der Waals surface area contributed by atoms with Crippen LogP contribution in [0.5, 0.6) is 5.75 Å². The maximum atomic E-state index is 13.7. The molecule has 0 bridgehead atoms. The van der Waals surface area contributed by atoms with Crippen LogP contribution in [0.3, 0.4) is 0 Å². The quantitative estimate of drug-likeness (QED) is 0.785. The summed E-state index contributed by atoms with van der Waals surface area (Å²) in [7, 11) is 0. The van der Waals surface area contributed by atoms with Gasteiger partial charge in [0.1, 0.15) is 17.7 Å². The zero-order valence-corrected chi connectivity index (χ0v) is 13.3. The van der Waals surface area contributed by atoms with Crippen LogP contribution >= 0.6 is 0 Å². The van der Waals surface area contributed by atoms with Crippen LogP contribution in [0.4, 0.5) is 4.39 Å². The van der Waals surface area contributed by atoms with Gasteiger partial charge in [-0.3, -0.25) is 4.98 Å². The molecule has 1 aromatic heterocycles. The Hall–Kier alpha value is -2.46. The van der Waals surface area contributed by atoms with Crippen molar-refractivity contribution < 1.29 is 9.13 Å². The zero-order valence-electron chi connectivity index (χ0n) is 13.3. The molecule has 1 fully saturated rings. The van der Waals surface area contributed by atoms with Gasteiger partial charge in [-0.05, 0) is 30.5 Å². The summed E-state index contributed by atoms with van der Waals surface area (Å²) in [6, 6.07) is 15.7. The first-order chi connectivity index (χ1) is 11.8. The van der Waals surface area contributed by atoms with Crippen LogP contribution in [-0.2, 0) is 0 Å². The lowest BCUT2D eigenvalue weighted by molar-refractivity contribution is 0.146. The largest absolute Gasteiger partial charge is 0.485 e. The van der Waals surface area contributed by atoms with Crippen molar-refractivity contribution in [2.75, 3.05) is 13.1 Å². The highest BCUT2D eigenvalue weighted by atomic mass is 19.1. The first-order valence-electron chi connectivity index (χ1n) is 8.27. The predicted octanol–water partition coefficient (Wildman–Crippen LogP) is 4.10. The molecule has 24 heavy (non-hydrogen) atoms. The second kappa shape index (κ2) is 6.57. The van der Waals surface area contributed by atoms with E-state index in [2.05, 4.69) is 28.5 Å². The number of benzene rings is 2. The Labute approximate surface area is 140 Å². The van der Waals surface area contributed by atoms with E-state index in [1.54, 1.807) is 6.20 Å². The molecule has 0 spiro atoms. The summed E-state index contributed by atoms with van der Waals surface area (Å²) in [5.74, 6) is 0.798. The second-order valence-electron chi connectivity index (χ2n) is 6.21. The summed E-state index contributed by atoms with van der Waals surface area (Å²) in [5, 5.41) is 5.57. The van der Waals surface area contributed by atoms with Gasteiger partial charge < -0.3 is 10.1 Å². The van der Waals surface area contributed by atoms with Crippen LogP contribution in [0.25, 0.3) is 10.8 Å². The molecule has 0 aliphatic carbocycles. The maximum Gasteiger partial charge on any atom is 0.141 e. The molecule has 3 aromatic rings. The third-order valence-corrected chi connectivity index (χ3v) is 4.58. The lowest BCUT2D eigenvalue weighted by Gasteiger charge is -2.25. The predicted molar refractivity (Wildman–Crippen MR) is 92.5 cm³/mol. The van der Waals surface area contributed by atoms with Crippen molar-refractivity contribution in [2.24, 2.45) is 5.92 Å². The fraction of sp³-hybridized carbons (Fsp3) is 0.250. The Morgan fingerprint density at radius 1 is 1.12 bits per heavy atom.